The summed E-state index contributed by atoms with van der Waals surface area (Å²) < 4.78 is 56.8. The Hall–Kier alpha value is -3.57. The van der Waals surface area contributed by atoms with Gasteiger partial charge in [-0.25, -0.2) is 10.3 Å². The lowest BCUT2D eigenvalue weighted by atomic mass is 9.71. The molecule has 0 aromatic rings. The first-order valence-electron chi connectivity index (χ1n) is 28.2. The summed E-state index contributed by atoms with van der Waals surface area (Å²) in [6, 6.07) is -0.465. The number of urea groups is 1. The molecule has 4 heterocycles. The van der Waals surface area contributed by atoms with Gasteiger partial charge >= 0.3 is 12.0 Å². The Morgan fingerprint density at radius 1 is 0.896 bits per heavy atom. The van der Waals surface area contributed by atoms with Crippen molar-refractivity contribution in [2.24, 2.45) is 23.7 Å². The van der Waals surface area contributed by atoms with Crippen molar-refractivity contribution in [3.63, 3.8) is 0 Å². The van der Waals surface area contributed by atoms with Crippen LogP contribution in [0.4, 0.5) is 4.79 Å². The molecule has 438 valence electrons. The average molecular weight is 1090 g/mol. The molecule has 0 aromatic carbocycles. The number of nitrogens with one attached hydrogen (secondary N) is 3. The number of methoxy groups -OCH3 is 3. The summed E-state index contributed by atoms with van der Waals surface area (Å²) in [6.07, 6.45) is 11.7. The molecule has 0 spiro atoms. The van der Waals surface area contributed by atoms with Crippen molar-refractivity contribution in [1.29, 1.82) is 0 Å². The number of carbonyl (C=O) groups is 3. The molecule has 77 heavy (non-hydrogen) atoms. The number of ether oxygens (including phenoxy) is 9. The number of rotatable bonds is 23. The third kappa shape index (κ3) is 18.0. The Labute approximate surface area is 458 Å². The van der Waals surface area contributed by atoms with Crippen LogP contribution in [0.25, 0.3) is 0 Å². The highest BCUT2D eigenvalue weighted by Gasteiger charge is 2.59. The number of amides is 3. The van der Waals surface area contributed by atoms with Crippen LogP contribution in [-0.2, 0) is 57.1 Å². The number of allylic oxidation sites excluding steroid dienone is 3. The number of unbranched alkanes of at least 4 members (excludes halogenated alkanes) is 3. The minimum Gasteiger partial charge on any atom is -0.462 e. The number of hydrogen-bond donors (Lipinski definition) is 6. The maximum absolute atomic E-state index is 14.3. The molecule has 6 N–H and O–H groups in total. The summed E-state index contributed by atoms with van der Waals surface area (Å²) in [4.78, 5) is 43.8. The third-order valence-corrected chi connectivity index (χ3v) is 16.1. The minimum absolute atomic E-state index is 0.00380. The number of aliphatic hydroxyl groups excluding tert-OH is 2. The standard InChI is InChI=1S/C58H95N3O16/c1-13-34(2)50(63)35(3)21-16-17-24-44-30-43(68-10)26-25-37(5)52(36(4)22-20-23-42-33-71-55-51(64)38(6)29-45(56(65)74-44)58(42,55)67)75-48-31-46(69-11)53(39(7)72-48)76-49-32-47(70-12)54(40(8)73-49)77-61-57(66)60-28-19-15-14-18-27-59-41(9)62/h16,20-23,25,29,34-36,39-40,43-55,63-64,67H,13-15,17-19,24,26-28,30-33H2,1-12H3,(H,59,62)(H2,60,61,66)/b21-16-,22-20+,37-25+,42-23+/t34-,35-,36-,39-,40-,43+,44+,45?,46-,47-,48-,49-,50+,51+,52-,53-,54+,55?,58?/m0/s1. The molecule has 1 aliphatic carbocycles. The molecule has 19 nitrogen and oxygen atoms in total. The highest BCUT2D eigenvalue weighted by molar-refractivity contribution is 5.78. The highest BCUT2D eigenvalue weighted by atomic mass is 16.7. The third-order valence-electron chi connectivity index (χ3n) is 16.1. The number of cyclic esters (lactones) is 1. The number of hydroxylamine groups is 1. The molecule has 5 rings (SSSR count). The molecule has 4 aliphatic heterocycles. The second kappa shape index (κ2) is 31.4. The van der Waals surface area contributed by atoms with Crippen LogP contribution >= 0.6 is 0 Å². The normalized spacial score (nSPS) is 37.2. The largest absolute Gasteiger partial charge is 0.462 e. The fourth-order valence-electron chi connectivity index (χ4n) is 11.1. The van der Waals surface area contributed by atoms with Crippen LogP contribution in [0, 0.1) is 23.7 Å². The second-order valence-corrected chi connectivity index (χ2v) is 22.0. The number of carbonyl (C=O) groups excluding carboxylic acids is 3. The summed E-state index contributed by atoms with van der Waals surface area (Å²) in [5.74, 6) is -1.91. The van der Waals surface area contributed by atoms with Crippen LogP contribution in [0.3, 0.4) is 0 Å². The van der Waals surface area contributed by atoms with Crippen LogP contribution in [0.5, 0.6) is 0 Å². The van der Waals surface area contributed by atoms with E-state index in [4.69, 9.17) is 47.5 Å². The van der Waals surface area contributed by atoms with E-state index >= 15 is 0 Å². The maximum atomic E-state index is 14.3. The van der Waals surface area contributed by atoms with E-state index in [0.717, 1.165) is 37.7 Å². The van der Waals surface area contributed by atoms with Crippen molar-refractivity contribution < 1.29 is 77.2 Å². The molecule has 0 saturated carbocycles. The molecule has 3 unspecified atom stereocenters. The number of hydrogen-bond acceptors (Lipinski definition) is 16. The quantitative estimate of drug-likeness (QED) is 0.0274. The summed E-state index contributed by atoms with van der Waals surface area (Å²) in [5, 5.41) is 40.2. The fraction of sp³-hybridized carbons (Fsp3) is 0.776. The first kappa shape index (κ1) is 64.3. The lowest BCUT2D eigenvalue weighted by Gasteiger charge is -2.44. The molecule has 3 amide bonds. The van der Waals surface area contributed by atoms with E-state index in [-0.39, 0.29) is 36.4 Å². The van der Waals surface area contributed by atoms with Crippen LogP contribution in [0.15, 0.2) is 59.3 Å². The number of esters is 1. The minimum atomic E-state index is -1.87. The van der Waals surface area contributed by atoms with Crippen molar-refractivity contribution >= 4 is 17.9 Å². The maximum Gasteiger partial charge on any atom is 0.338 e. The van der Waals surface area contributed by atoms with Crippen LogP contribution in [0.1, 0.15) is 133 Å². The fourth-order valence-corrected chi connectivity index (χ4v) is 11.1. The average Bonchev–Trinajstić information content (AvgIpc) is 3.80. The molecule has 3 saturated heterocycles. The van der Waals surface area contributed by atoms with Crippen molar-refractivity contribution in [1.82, 2.24) is 16.1 Å². The Morgan fingerprint density at radius 3 is 2.19 bits per heavy atom. The molecule has 5 aliphatic rings. The van der Waals surface area contributed by atoms with Crippen molar-refractivity contribution in [2.45, 2.75) is 224 Å². The van der Waals surface area contributed by atoms with E-state index in [2.05, 4.69) is 29.1 Å². The smallest absolute Gasteiger partial charge is 0.338 e. The van der Waals surface area contributed by atoms with Gasteiger partial charge in [-0.3, -0.25) is 14.4 Å². The van der Waals surface area contributed by atoms with Gasteiger partial charge in [0.1, 0.15) is 42.0 Å². The first-order chi connectivity index (χ1) is 36.7. The molecule has 0 bridgehead atoms. The predicted molar refractivity (Wildman–Crippen MR) is 289 cm³/mol. The predicted octanol–water partition coefficient (Wildman–Crippen LogP) is 6.58. The lowest BCUT2D eigenvalue weighted by molar-refractivity contribution is -0.322. The zero-order valence-corrected chi connectivity index (χ0v) is 48.0. The van der Waals surface area contributed by atoms with Gasteiger partial charge in [-0.15, -0.1) is 0 Å². The molecule has 0 aromatic heterocycles. The second-order valence-electron chi connectivity index (χ2n) is 22.0. The molecular weight excluding hydrogens is 995 g/mol. The van der Waals surface area contributed by atoms with Gasteiger partial charge < -0.3 is 68.6 Å². The summed E-state index contributed by atoms with van der Waals surface area (Å²) in [7, 11) is 4.85. The summed E-state index contributed by atoms with van der Waals surface area (Å²) in [5.41, 5.74) is 2.52. The molecular formula is C58H95N3O16. The topological polar surface area (TPSA) is 240 Å². The SMILES string of the molecule is CC[C@H](C)[C@@H](O)[C@@H](C)/C=C\CC[C@@H]1C[C@H](OC)C/C=C(\C)[C@@H](O[C@H]2C[C@H](OC)[C@@H](O[C@H]3C[C@H](OC)[C@H](ONC(=O)NCCCCCCNC(C)=O)[C@H](C)O3)[C@H](C)O2)[C@@H](C)/C=C/C=C2\COC3[C@H](O)C(C)=CC(C(=O)O1)C23O. The van der Waals surface area contributed by atoms with E-state index in [1.54, 1.807) is 40.4 Å². The van der Waals surface area contributed by atoms with E-state index in [9.17, 15) is 29.7 Å². The van der Waals surface area contributed by atoms with Crippen LogP contribution in [0.2, 0.25) is 0 Å². The Balaban J connectivity index is 1.27. The van der Waals surface area contributed by atoms with Gasteiger partial charge in [0.2, 0.25) is 5.91 Å². The zero-order chi connectivity index (χ0) is 56.4. The monoisotopic (exact) mass is 1090 g/mol. The lowest BCUT2D eigenvalue weighted by Crippen LogP contribution is -2.57. The molecule has 0 radical (unpaired) electrons. The Bertz CT molecular complexity index is 2020. The van der Waals surface area contributed by atoms with Crippen molar-refractivity contribution in [3.8, 4) is 0 Å². The van der Waals surface area contributed by atoms with Gasteiger partial charge in [-0.05, 0) is 82.4 Å². The van der Waals surface area contributed by atoms with E-state index < -0.39 is 103 Å². The van der Waals surface area contributed by atoms with Gasteiger partial charge in [-0.1, -0.05) is 89.5 Å². The van der Waals surface area contributed by atoms with Crippen LogP contribution in [-0.4, -0.2) is 166 Å². The molecule has 19 atom stereocenters. The zero-order valence-electron chi connectivity index (χ0n) is 48.0. The summed E-state index contributed by atoms with van der Waals surface area (Å²) in [6.45, 7) is 18.3. The van der Waals surface area contributed by atoms with Gasteiger partial charge in [0.25, 0.3) is 0 Å². The van der Waals surface area contributed by atoms with Gasteiger partial charge in [0, 0.05) is 72.4 Å². The highest BCUT2D eigenvalue weighted by Crippen LogP contribution is 2.46. The number of aliphatic hydroxyl groups is 3. The first-order valence-corrected chi connectivity index (χ1v) is 28.2. The van der Waals surface area contributed by atoms with E-state index in [0.29, 0.717) is 62.8 Å². The molecule has 3 fully saturated rings. The van der Waals surface area contributed by atoms with Crippen molar-refractivity contribution in [2.75, 3.05) is 41.0 Å². The van der Waals surface area contributed by atoms with E-state index in [1.165, 1.54) is 6.92 Å². The van der Waals surface area contributed by atoms with Crippen molar-refractivity contribution in [3.05, 3.63) is 59.3 Å². The van der Waals surface area contributed by atoms with Crippen LogP contribution < -0.4 is 16.1 Å². The molecule has 19 heteroatoms. The Morgan fingerprint density at radius 2 is 1.55 bits per heavy atom. The Kier molecular flexibility index (Phi) is 26.2. The van der Waals surface area contributed by atoms with E-state index in [1.807, 2.05) is 65.8 Å². The van der Waals surface area contributed by atoms with Gasteiger partial charge in [0.05, 0.1) is 49.3 Å². The summed E-state index contributed by atoms with van der Waals surface area (Å²) >= 11 is 0. The van der Waals surface area contributed by atoms with Gasteiger partial charge in [0.15, 0.2) is 12.6 Å². The van der Waals surface area contributed by atoms with Gasteiger partial charge in [-0.2, -0.15) is 0 Å².